The summed E-state index contributed by atoms with van der Waals surface area (Å²) in [6.07, 6.45) is 0.649. The van der Waals surface area contributed by atoms with Crippen LogP contribution in [0.3, 0.4) is 0 Å². The smallest absolute Gasteiger partial charge is 0.293 e. The van der Waals surface area contributed by atoms with Gasteiger partial charge in [0.15, 0.2) is 9.84 Å². The Balaban J connectivity index is 1.72. The van der Waals surface area contributed by atoms with Gasteiger partial charge in [-0.15, -0.1) is 0 Å². The number of rotatable bonds is 4. The second kappa shape index (κ2) is 6.60. The summed E-state index contributed by atoms with van der Waals surface area (Å²) in [7, 11) is -2.93. The summed E-state index contributed by atoms with van der Waals surface area (Å²) in [5.74, 6) is -0.278. The van der Waals surface area contributed by atoms with Crippen molar-refractivity contribution in [3.63, 3.8) is 0 Å². The molecule has 1 aromatic carbocycles. The van der Waals surface area contributed by atoms with Crippen LogP contribution in [0.15, 0.2) is 18.2 Å². The van der Waals surface area contributed by atoms with Crippen molar-refractivity contribution in [3.8, 4) is 0 Å². The maximum atomic E-state index is 11.6. The molecule has 0 aliphatic carbocycles. The number of piperazine rings is 1. The fourth-order valence-corrected chi connectivity index (χ4v) is 5.24. The average molecular weight is 368 g/mol. The van der Waals surface area contributed by atoms with Gasteiger partial charge in [0.25, 0.3) is 5.69 Å². The van der Waals surface area contributed by atoms with Gasteiger partial charge in [-0.2, -0.15) is 0 Å². The lowest BCUT2D eigenvalue weighted by Gasteiger charge is -2.38. The summed E-state index contributed by atoms with van der Waals surface area (Å²) >= 11 is 0. The predicted molar refractivity (Wildman–Crippen MR) is 92.5 cm³/mol. The molecule has 2 saturated heterocycles. The molecule has 1 aromatic rings. The molecular formula is C15H20N4O5S. The van der Waals surface area contributed by atoms with Crippen molar-refractivity contribution in [1.29, 1.82) is 0 Å². The SMILES string of the molecule is NC(=O)c1ccc(N2CCN(C3CCS(=O)(=O)C3)CC2)c([N+](=O)[O-])c1. The number of carbonyl (C=O) groups is 1. The molecule has 9 nitrogen and oxygen atoms in total. The Morgan fingerprint density at radius 1 is 1.24 bits per heavy atom. The van der Waals surface area contributed by atoms with E-state index in [0.717, 1.165) is 0 Å². The second-order valence-corrected chi connectivity index (χ2v) is 8.63. The molecule has 2 aliphatic rings. The van der Waals surface area contributed by atoms with Crippen molar-refractivity contribution in [3.05, 3.63) is 33.9 Å². The van der Waals surface area contributed by atoms with Gasteiger partial charge in [0.05, 0.1) is 16.4 Å². The number of anilines is 1. The quantitative estimate of drug-likeness (QED) is 0.585. The topological polar surface area (TPSA) is 127 Å². The highest BCUT2D eigenvalue weighted by Crippen LogP contribution is 2.30. The lowest BCUT2D eigenvalue weighted by molar-refractivity contribution is -0.384. The van der Waals surface area contributed by atoms with E-state index in [1.54, 1.807) is 6.07 Å². The number of nitro benzene ring substituents is 1. The minimum Gasteiger partial charge on any atom is -0.366 e. The summed E-state index contributed by atoms with van der Waals surface area (Å²) in [5.41, 5.74) is 5.60. The van der Waals surface area contributed by atoms with Crippen LogP contribution in [-0.4, -0.2) is 67.9 Å². The summed E-state index contributed by atoms with van der Waals surface area (Å²) in [4.78, 5) is 26.1. The molecular weight excluding hydrogens is 348 g/mol. The molecule has 136 valence electrons. The van der Waals surface area contributed by atoms with Crippen molar-refractivity contribution in [2.75, 3.05) is 42.6 Å². The average Bonchev–Trinajstić information content (AvgIpc) is 2.94. The molecule has 0 spiro atoms. The van der Waals surface area contributed by atoms with Gasteiger partial charge < -0.3 is 10.6 Å². The van der Waals surface area contributed by atoms with Crippen molar-refractivity contribution in [2.45, 2.75) is 12.5 Å². The molecule has 0 saturated carbocycles. The highest BCUT2D eigenvalue weighted by atomic mass is 32.2. The predicted octanol–water partition coefficient (Wildman–Crippen LogP) is 0.00280. The van der Waals surface area contributed by atoms with E-state index in [1.807, 2.05) is 4.90 Å². The molecule has 2 fully saturated rings. The Morgan fingerprint density at radius 2 is 1.92 bits per heavy atom. The highest BCUT2D eigenvalue weighted by Gasteiger charge is 2.34. The zero-order valence-corrected chi connectivity index (χ0v) is 14.4. The minimum absolute atomic E-state index is 0.0411. The van der Waals surface area contributed by atoms with Gasteiger partial charge in [-0.25, -0.2) is 8.42 Å². The van der Waals surface area contributed by atoms with E-state index in [4.69, 9.17) is 5.73 Å². The van der Waals surface area contributed by atoms with Crippen LogP contribution in [-0.2, 0) is 9.84 Å². The zero-order chi connectivity index (χ0) is 18.2. The van der Waals surface area contributed by atoms with Crippen LogP contribution in [0.25, 0.3) is 0 Å². The summed E-state index contributed by atoms with van der Waals surface area (Å²) in [6, 6.07) is 4.28. The first-order chi connectivity index (χ1) is 11.8. The number of nitro groups is 1. The number of nitrogens with zero attached hydrogens (tertiary/aromatic N) is 3. The van der Waals surface area contributed by atoms with Crippen LogP contribution in [0.1, 0.15) is 16.8 Å². The monoisotopic (exact) mass is 368 g/mol. The van der Waals surface area contributed by atoms with E-state index in [-0.39, 0.29) is 28.8 Å². The van der Waals surface area contributed by atoms with Gasteiger partial charge in [0, 0.05) is 43.9 Å². The van der Waals surface area contributed by atoms with Crippen LogP contribution in [0, 0.1) is 10.1 Å². The Morgan fingerprint density at radius 3 is 2.44 bits per heavy atom. The first-order valence-corrected chi connectivity index (χ1v) is 9.86. The highest BCUT2D eigenvalue weighted by molar-refractivity contribution is 7.91. The molecule has 0 radical (unpaired) electrons. The standard InChI is InChI=1S/C15H20N4O5S/c16-15(20)11-1-2-13(14(9-11)19(21)22)18-6-4-17(5-7-18)12-3-8-25(23,24)10-12/h1-2,9,12H,3-8,10H2,(H2,16,20). The zero-order valence-electron chi connectivity index (χ0n) is 13.6. The first-order valence-electron chi connectivity index (χ1n) is 8.04. The molecule has 1 unspecified atom stereocenters. The molecule has 0 aromatic heterocycles. The molecule has 1 amide bonds. The summed E-state index contributed by atoms with van der Waals surface area (Å²) in [5, 5.41) is 11.3. The Kier molecular flexibility index (Phi) is 4.65. The number of sulfone groups is 1. The lowest BCUT2D eigenvalue weighted by atomic mass is 10.1. The van der Waals surface area contributed by atoms with Crippen molar-refractivity contribution in [2.24, 2.45) is 5.73 Å². The number of hydrogen-bond acceptors (Lipinski definition) is 7. The molecule has 2 aliphatic heterocycles. The first kappa shape index (κ1) is 17.6. The third-order valence-corrected chi connectivity index (χ3v) is 6.59. The van der Waals surface area contributed by atoms with E-state index in [9.17, 15) is 23.3 Å². The van der Waals surface area contributed by atoms with Crippen LogP contribution in [0.4, 0.5) is 11.4 Å². The summed E-state index contributed by atoms with van der Waals surface area (Å²) < 4.78 is 23.3. The van der Waals surface area contributed by atoms with Gasteiger partial charge in [-0.1, -0.05) is 0 Å². The molecule has 10 heteroatoms. The molecule has 25 heavy (non-hydrogen) atoms. The van der Waals surface area contributed by atoms with Crippen molar-refractivity contribution >= 4 is 27.1 Å². The second-order valence-electron chi connectivity index (χ2n) is 6.40. The van der Waals surface area contributed by atoms with E-state index in [1.165, 1.54) is 12.1 Å². The van der Waals surface area contributed by atoms with Crippen LogP contribution in [0.5, 0.6) is 0 Å². The normalized spacial score (nSPS) is 23.5. The maximum Gasteiger partial charge on any atom is 0.293 e. The number of benzene rings is 1. The maximum absolute atomic E-state index is 11.6. The van der Waals surface area contributed by atoms with E-state index < -0.39 is 20.7 Å². The minimum atomic E-state index is -2.93. The van der Waals surface area contributed by atoms with Crippen LogP contribution >= 0.6 is 0 Å². The van der Waals surface area contributed by atoms with E-state index in [0.29, 0.717) is 38.3 Å². The lowest BCUT2D eigenvalue weighted by Crippen LogP contribution is -2.50. The third kappa shape index (κ3) is 3.74. The van der Waals surface area contributed by atoms with E-state index >= 15 is 0 Å². The fraction of sp³-hybridized carbons (Fsp3) is 0.533. The van der Waals surface area contributed by atoms with E-state index in [2.05, 4.69) is 4.90 Å². The molecule has 3 rings (SSSR count). The van der Waals surface area contributed by atoms with Crippen LogP contribution < -0.4 is 10.6 Å². The van der Waals surface area contributed by atoms with Crippen molar-refractivity contribution in [1.82, 2.24) is 4.90 Å². The molecule has 1 atom stereocenters. The number of carbonyl (C=O) groups excluding carboxylic acids is 1. The Bertz CT molecular complexity index is 802. The Labute approximate surface area is 145 Å². The van der Waals surface area contributed by atoms with Gasteiger partial charge in [-0.05, 0) is 18.6 Å². The molecule has 0 bridgehead atoms. The van der Waals surface area contributed by atoms with Gasteiger partial charge in [0.2, 0.25) is 5.91 Å². The number of hydrogen-bond donors (Lipinski definition) is 1. The largest absolute Gasteiger partial charge is 0.366 e. The molecule has 2 heterocycles. The van der Waals surface area contributed by atoms with Gasteiger partial charge in [0.1, 0.15) is 5.69 Å². The molecule has 2 N–H and O–H groups in total. The summed E-state index contributed by atoms with van der Waals surface area (Å²) in [6.45, 7) is 2.42. The Hall–Kier alpha value is -2.20. The van der Waals surface area contributed by atoms with Gasteiger partial charge in [-0.3, -0.25) is 19.8 Å². The fourth-order valence-electron chi connectivity index (χ4n) is 3.48. The number of amides is 1. The number of nitrogens with two attached hydrogens (primary N) is 1. The van der Waals surface area contributed by atoms with Gasteiger partial charge >= 0.3 is 0 Å². The van der Waals surface area contributed by atoms with Crippen LogP contribution in [0.2, 0.25) is 0 Å². The number of primary amides is 1. The third-order valence-electron chi connectivity index (χ3n) is 4.84. The van der Waals surface area contributed by atoms with Crippen molar-refractivity contribution < 1.29 is 18.1 Å².